The number of hydrogen-bond acceptors (Lipinski definition) is 2. The van der Waals surface area contributed by atoms with Crippen LogP contribution in [0.15, 0.2) is 34.8 Å². The summed E-state index contributed by atoms with van der Waals surface area (Å²) >= 11 is 3.42. The van der Waals surface area contributed by atoms with Crippen LogP contribution in [0.3, 0.4) is 0 Å². The number of rotatable bonds is 3. The molecular formula is C14H12BrO2. The molecule has 0 saturated heterocycles. The van der Waals surface area contributed by atoms with E-state index in [1.807, 2.05) is 30.3 Å². The molecule has 0 fully saturated rings. The molecule has 0 unspecified atom stereocenters. The van der Waals surface area contributed by atoms with Crippen LogP contribution < -0.4 is 4.74 Å². The molecule has 0 saturated carbocycles. The minimum absolute atomic E-state index is 0.580. The second-order valence-corrected chi connectivity index (χ2v) is 5.29. The maximum Gasteiger partial charge on any atom is 0.162 e. The number of benzene rings is 2. The number of carbonyl (C=O) groups is 1. The largest absolute Gasteiger partial charge is 0.480 e. The van der Waals surface area contributed by atoms with Crippen molar-refractivity contribution in [2.45, 2.75) is 19.4 Å². The topological polar surface area (TPSA) is 26.3 Å². The van der Waals surface area contributed by atoms with Crippen molar-refractivity contribution in [3.05, 3.63) is 40.9 Å². The SMILES string of the molecule is CC(C)(C=O)Oc1[c]c2ccc(Br)cc2cc1. The van der Waals surface area contributed by atoms with Crippen molar-refractivity contribution < 1.29 is 9.53 Å². The van der Waals surface area contributed by atoms with Gasteiger partial charge in [0, 0.05) is 10.5 Å². The van der Waals surface area contributed by atoms with Crippen molar-refractivity contribution >= 4 is 33.0 Å². The van der Waals surface area contributed by atoms with Crippen molar-refractivity contribution in [2.75, 3.05) is 0 Å². The standard InChI is InChI=1S/C14H12BrO2/c1-14(2,9-16)17-13-6-4-10-7-12(15)5-3-11(10)8-13/h3-7,9H,1-2H3. The van der Waals surface area contributed by atoms with E-state index < -0.39 is 5.60 Å². The van der Waals surface area contributed by atoms with Gasteiger partial charge in [0.1, 0.15) is 5.75 Å². The molecule has 2 aromatic carbocycles. The van der Waals surface area contributed by atoms with Crippen LogP contribution in [0, 0.1) is 6.07 Å². The summed E-state index contributed by atoms with van der Waals surface area (Å²) in [6.07, 6.45) is 0.784. The Balaban J connectivity index is 2.38. The van der Waals surface area contributed by atoms with Gasteiger partial charge in [-0.15, -0.1) is 0 Å². The molecule has 0 aliphatic rings. The third-order valence-electron chi connectivity index (χ3n) is 2.34. The van der Waals surface area contributed by atoms with Gasteiger partial charge in [0.15, 0.2) is 11.9 Å². The molecule has 2 nitrogen and oxygen atoms in total. The summed E-state index contributed by atoms with van der Waals surface area (Å²) in [5, 5.41) is 2.04. The monoisotopic (exact) mass is 291 g/mol. The average molecular weight is 292 g/mol. The third kappa shape index (κ3) is 2.86. The van der Waals surface area contributed by atoms with E-state index in [0.29, 0.717) is 5.75 Å². The molecule has 87 valence electrons. The smallest absolute Gasteiger partial charge is 0.162 e. The second-order valence-electron chi connectivity index (χ2n) is 4.38. The van der Waals surface area contributed by atoms with Crippen LogP contribution >= 0.6 is 15.9 Å². The summed E-state index contributed by atoms with van der Waals surface area (Å²) < 4.78 is 6.58. The van der Waals surface area contributed by atoms with E-state index >= 15 is 0 Å². The van der Waals surface area contributed by atoms with E-state index in [2.05, 4.69) is 22.0 Å². The first-order valence-corrected chi connectivity index (χ1v) is 6.06. The van der Waals surface area contributed by atoms with E-state index in [1.165, 1.54) is 0 Å². The molecule has 0 aromatic heterocycles. The van der Waals surface area contributed by atoms with Gasteiger partial charge in [-0.2, -0.15) is 0 Å². The minimum Gasteiger partial charge on any atom is -0.480 e. The van der Waals surface area contributed by atoms with Gasteiger partial charge in [0.2, 0.25) is 0 Å². The van der Waals surface area contributed by atoms with Crippen LogP contribution in [0.1, 0.15) is 13.8 Å². The summed E-state index contributed by atoms with van der Waals surface area (Å²) in [5.41, 5.74) is -0.820. The summed E-state index contributed by atoms with van der Waals surface area (Å²) in [6.45, 7) is 3.44. The van der Waals surface area contributed by atoms with Crippen LogP contribution in [-0.2, 0) is 4.79 Å². The van der Waals surface area contributed by atoms with Gasteiger partial charge in [0.05, 0.1) is 0 Å². The van der Waals surface area contributed by atoms with E-state index in [0.717, 1.165) is 21.5 Å². The Labute approximate surface area is 109 Å². The normalized spacial score (nSPS) is 11.5. The lowest BCUT2D eigenvalue weighted by Crippen LogP contribution is -2.29. The first kappa shape index (κ1) is 12.1. The van der Waals surface area contributed by atoms with Gasteiger partial charge < -0.3 is 4.74 Å². The van der Waals surface area contributed by atoms with E-state index in [1.54, 1.807) is 13.8 Å². The Morgan fingerprint density at radius 3 is 2.76 bits per heavy atom. The van der Waals surface area contributed by atoms with Crippen LogP contribution in [0.2, 0.25) is 0 Å². The molecule has 0 N–H and O–H groups in total. The van der Waals surface area contributed by atoms with Crippen molar-refractivity contribution in [1.29, 1.82) is 0 Å². The molecular weight excluding hydrogens is 280 g/mol. The first-order chi connectivity index (χ1) is 8.00. The summed E-state index contributed by atoms with van der Waals surface area (Å²) in [4.78, 5) is 10.8. The van der Waals surface area contributed by atoms with Crippen LogP contribution in [-0.4, -0.2) is 11.9 Å². The third-order valence-corrected chi connectivity index (χ3v) is 2.84. The summed E-state index contributed by atoms with van der Waals surface area (Å²) in [5.74, 6) is 0.580. The number of carbonyl (C=O) groups excluding carboxylic acids is 1. The van der Waals surface area contributed by atoms with Crippen molar-refractivity contribution in [3.63, 3.8) is 0 Å². The Morgan fingerprint density at radius 1 is 1.29 bits per heavy atom. The molecule has 0 bridgehead atoms. The first-order valence-electron chi connectivity index (χ1n) is 5.27. The molecule has 0 spiro atoms. The highest BCUT2D eigenvalue weighted by Gasteiger charge is 2.18. The van der Waals surface area contributed by atoms with Gasteiger partial charge in [-0.05, 0) is 42.8 Å². The zero-order valence-electron chi connectivity index (χ0n) is 9.66. The molecule has 0 aliphatic carbocycles. The van der Waals surface area contributed by atoms with E-state index in [-0.39, 0.29) is 0 Å². The van der Waals surface area contributed by atoms with E-state index in [9.17, 15) is 4.79 Å². The van der Waals surface area contributed by atoms with Gasteiger partial charge in [-0.1, -0.05) is 28.1 Å². The molecule has 0 atom stereocenters. The number of aldehydes is 1. The number of fused-ring (bicyclic) bond motifs is 1. The fraction of sp³-hybridized carbons (Fsp3) is 0.214. The lowest BCUT2D eigenvalue weighted by Gasteiger charge is -2.19. The Kier molecular flexibility index (Phi) is 3.20. The fourth-order valence-electron chi connectivity index (χ4n) is 1.49. The highest BCUT2D eigenvalue weighted by molar-refractivity contribution is 9.10. The predicted molar refractivity (Wildman–Crippen MR) is 71.3 cm³/mol. The molecule has 1 radical (unpaired) electrons. The molecule has 0 amide bonds. The lowest BCUT2D eigenvalue weighted by atomic mass is 10.1. The number of hydrogen-bond donors (Lipinski definition) is 0. The number of ether oxygens (including phenoxy) is 1. The maximum atomic E-state index is 10.8. The van der Waals surface area contributed by atoms with Gasteiger partial charge >= 0.3 is 0 Å². The molecule has 0 aliphatic heterocycles. The lowest BCUT2D eigenvalue weighted by molar-refractivity contribution is -0.119. The van der Waals surface area contributed by atoms with Crippen molar-refractivity contribution in [1.82, 2.24) is 0 Å². The van der Waals surface area contributed by atoms with Crippen LogP contribution in [0.25, 0.3) is 10.8 Å². The summed E-state index contributed by atoms with van der Waals surface area (Å²) in [7, 11) is 0. The fourth-order valence-corrected chi connectivity index (χ4v) is 1.87. The second kappa shape index (κ2) is 4.49. The highest BCUT2D eigenvalue weighted by atomic mass is 79.9. The highest BCUT2D eigenvalue weighted by Crippen LogP contribution is 2.25. The van der Waals surface area contributed by atoms with Gasteiger partial charge in [0.25, 0.3) is 0 Å². The average Bonchev–Trinajstić information content (AvgIpc) is 2.29. The zero-order valence-corrected chi connectivity index (χ0v) is 11.2. The van der Waals surface area contributed by atoms with Gasteiger partial charge in [-0.3, -0.25) is 4.79 Å². The Hall–Kier alpha value is -1.35. The predicted octanol–water partition coefficient (Wildman–Crippen LogP) is 3.76. The molecule has 0 heterocycles. The van der Waals surface area contributed by atoms with E-state index in [4.69, 9.17) is 4.74 Å². The molecule has 17 heavy (non-hydrogen) atoms. The minimum atomic E-state index is -0.820. The summed E-state index contributed by atoms with van der Waals surface area (Å²) in [6, 6.07) is 12.8. The Bertz CT molecular complexity index is 561. The van der Waals surface area contributed by atoms with Crippen molar-refractivity contribution in [3.8, 4) is 5.75 Å². The quantitative estimate of drug-likeness (QED) is 0.805. The van der Waals surface area contributed by atoms with Crippen LogP contribution in [0.4, 0.5) is 0 Å². The zero-order chi connectivity index (χ0) is 12.5. The molecule has 3 heteroatoms. The Morgan fingerprint density at radius 2 is 2.06 bits per heavy atom. The van der Waals surface area contributed by atoms with Gasteiger partial charge in [-0.25, -0.2) is 0 Å². The molecule has 2 aromatic rings. The van der Waals surface area contributed by atoms with Crippen molar-refractivity contribution in [2.24, 2.45) is 0 Å². The number of halogens is 1. The van der Waals surface area contributed by atoms with Crippen LogP contribution in [0.5, 0.6) is 5.75 Å². The maximum absolute atomic E-state index is 10.8. The molecule has 2 rings (SSSR count).